The number of methoxy groups -OCH3 is 3. The molecule has 0 amide bonds. The number of aromatic amines is 1. The van der Waals surface area contributed by atoms with E-state index in [2.05, 4.69) is 16.0 Å². The first-order chi connectivity index (χ1) is 16.6. The largest absolute Gasteiger partial charge is 0.497 e. The number of fused-ring (bicyclic) bond motifs is 1. The first kappa shape index (κ1) is 22.4. The van der Waals surface area contributed by atoms with Gasteiger partial charge in [-0.05, 0) is 61.3 Å². The van der Waals surface area contributed by atoms with Crippen molar-refractivity contribution in [3.63, 3.8) is 0 Å². The molecule has 0 spiro atoms. The van der Waals surface area contributed by atoms with E-state index in [4.69, 9.17) is 19.2 Å². The fourth-order valence-corrected chi connectivity index (χ4v) is 5.61. The predicted octanol–water partition coefficient (Wildman–Crippen LogP) is 5.01. The molecule has 4 aromatic rings. The molecule has 5 rings (SSSR count). The van der Waals surface area contributed by atoms with Gasteiger partial charge in [-0.1, -0.05) is 6.07 Å². The Morgan fingerprint density at radius 3 is 2.53 bits per heavy atom. The van der Waals surface area contributed by atoms with E-state index >= 15 is 0 Å². The van der Waals surface area contributed by atoms with E-state index in [1.54, 1.807) is 21.3 Å². The molecular weight excluding hydrogens is 450 g/mol. The zero-order valence-corrected chi connectivity index (χ0v) is 20.3. The molecular formula is C26H27N3O4S. The fraction of sp³-hybridized carbons (Fsp3) is 0.308. The number of hydrogen-bond donors (Lipinski definition) is 1. The molecule has 0 bridgehead atoms. The number of rotatable bonds is 7. The molecule has 7 nitrogen and oxygen atoms in total. The molecule has 3 heterocycles. The highest BCUT2D eigenvalue weighted by Gasteiger charge is 2.29. The highest BCUT2D eigenvalue weighted by molar-refractivity contribution is 7.22. The molecule has 1 atom stereocenters. The third-order valence-electron chi connectivity index (χ3n) is 6.32. The summed E-state index contributed by atoms with van der Waals surface area (Å²) in [6.07, 6.45) is 2.10. The molecule has 1 N–H and O–H groups in total. The maximum absolute atomic E-state index is 12.9. The van der Waals surface area contributed by atoms with E-state index in [1.807, 2.05) is 42.5 Å². The molecule has 34 heavy (non-hydrogen) atoms. The first-order valence-corrected chi connectivity index (χ1v) is 12.0. The Balaban J connectivity index is 1.42. The van der Waals surface area contributed by atoms with Crippen LogP contribution in [0.2, 0.25) is 0 Å². The Bertz CT molecular complexity index is 1360. The van der Waals surface area contributed by atoms with Crippen molar-refractivity contribution in [1.82, 2.24) is 14.9 Å². The van der Waals surface area contributed by atoms with Gasteiger partial charge < -0.3 is 19.2 Å². The molecule has 1 aliphatic rings. The van der Waals surface area contributed by atoms with Crippen LogP contribution in [-0.4, -0.2) is 42.7 Å². The Kier molecular flexibility index (Phi) is 6.26. The third-order valence-corrected chi connectivity index (χ3v) is 7.49. The molecule has 2 aromatic heterocycles. The second kappa shape index (κ2) is 9.48. The summed E-state index contributed by atoms with van der Waals surface area (Å²) in [6, 6.07) is 16.0. The molecule has 0 aliphatic carbocycles. The maximum Gasteiger partial charge on any atom is 0.268 e. The predicted molar refractivity (Wildman–Crippen MR) is 134 cm³/mol. The lowest BCUT2D eigenvalue weighted by molar-refractivity contribution is 0.237. The second-order valence-electron chi connectivity index (χ2n) is 8.30. The lowest BCUT2D eigenvalue weighted by atomic mass is 10.0. The van der Waals surface area contributed by atoms with Crippen molar-refractivity contribution in [3.05, 3.63) is 70.3 Å². The topological polar surface area (TPSA) is 76.7 Å². The highest BCUT2D eigenvalue weighted by Crippen LogP contribution is 2.39. The van der Waals surface area contributed by atoms with Gasteiger partial charge in [-0.2, -0.15) is 0 Å². The molecule has 0 radical (unpaired) electrons. The van der Waals surface area contributed by atoms with Crippen LogP contribution in [0.1, 0.15) is 30.3 Å². The Hall–Kier alpha value is -3.36. The van der Waals surface area contributed by atoms with Crippen LogP contribution in [-0.2, 0) is 6.54 Å². The van der Waals surface area contributed by atoms with Crippen molar-refractivity contribution in [2.24, 2.45) is 0 Å². The summed E-state index contributed by atoms with van der Waals surface area (Å²) in [6.45, 7) is 1.50. The molecule has 176 valence electrons. The van der Waals surface area contributed by atoms with E-state index < -0.39 is 0 Å². The summed E-state index contributed by atoms with van der Waals surface area (Å²) in [5.74, 6) is 3.06. The van der Waals surface area contributed by atoms with Gasteiger partial charge in [0.2, 0.25) is 0 Å². The maximum atomic E-state index is 12.9. The van der Waals surface area contributed by atoms with Crippen molar-refractivity contribution in [2.45, 2.75) is 25.4 Å². The normalized spacial score (nSPS) is 16.1. The summed E-state index contributed by atoms with van der Waals surface area (Å²) in [5.41, 5.74) is 2.80. The fourth-order valence-electron chi connectivity index (χ4n) is 4.61. The minimum Gasteiger partial charge on any atom is -0.497 e. The number of ether oxygens (including phenoxy) is 3. The van der Waals surface area contributed by atoms with Crippen molar-refractivity contribution in [2.75, 3.05) is 27.9 Å². The number of aromatic nitrogens is 2. The highest BCUT2D eigenvalue weighted by atomic mass is 32.1. The van der Waals surface area contributed by atoms with Crippen molar-refractivity contribution in [1.29, 1.82) is 0 Å². The van der Waals surface area contributed by atoms with Crippen LogP contribution >= 0.6 is 11.3 Å². The average molecular weight is 478 g/mol. The number of nitrogens with zero attached hydrogens (tertiary/aromatic N) is 2. The van der Waals surface area contributed by atoms with Crippen molar-refractivity contribution < 1.29 is 14.2 Å². The average Bonchev–Trinajstić information content (AvgIpc) is 3.51. The molecule has 2 aromatic carbocycles. The number of likely N-dealkylation sites (tertiary alicyclic amines) is 1. The van der Waals surface area contributed by atoms with Gasteiger partial charge in [-0.15, -0.1) is 11.3 Å². The quantitative estimate of drug-likeness (QED) is 0.403. The molecule has 1 unspecified atom stereocenters. The monoisotopic (exact) mass is 477 g/mol. The van der Waals surface area contributed by atoms with Gasteiger partial charge in [0, 0.05) is 22.5 Å². The van der Waals surface area contributed by atoms with E-state index in [0.717, 1.165) is 58.2 Å². The van der Waals surface area contributed by atoms with E-state index in [1.165, 1.54) is 11.3 Å². The number of thiophene rings is 1. The van der Waals surface area contributed by atoms with Crippen molar-refractivity contribution >= 4 is 21.6 Å². The molecule has 1 fully saturated rings. The van der Waals surface area contributed by atoms with Gasteiger partial charge >= 0.3 is 0 Å². The van der Waals surface area contributed by atoms with Crippen molar-refractivity contribution in [3.8, 4) is 27.7 Å². The van der Waals surface area contributed by atoms with Gasteiger partial charge in [-0.3, -0.25) is 9.69 Å². The molecule has 1 saturated heterocycles. The number of nitrogens with one attached hydrogen (secondary N) is 1. The SMILES string of the molecule is COc1ccc(-c2cc3nc(CN4CCCC4c4ccc(OC)cc4OC)[nH]c(=O)c3s2)cc1. The van der Waals surface area contributed by atoms with Crippen LogP contribution in [0.3, 0.4) is 0 Å². The minimum atomic E-state index is -0.0949. The smallest absolute Gasteiger partial charge is 0.268 e. The van der Waals surface area contributed by atoms with E-state index in [-0.39, 0.29) is 11.6 Å². The molecule has 0 saturated carbocycles. The van der Waals surface area contributed by atoms with Gasteiger partial charge in [0.05, 0.1) is 33.4 Å². The van der Waals surface area contributed by atoms with E-state index in [0.29, 0.717) is 17.1 Å². The zero-order valence-electron chi connectivity index (χ0n) is 19.5. The Morgan fingerprint density at radius 2 is 1.79 bits per heavy atom. The number of H-pyrrole nitrogens is 1. The van der Waals surface area contributed by atoms with Crippen LogP contribution < -0.4 is 19.8 Å². The van der Waals surface area contributed by atoms with Gasteiger partial charge in [0.1, 0.15) is 27.8 Å². The Labute approximate surface area is 201 Å². The van der Waals surface area contributed by atoms with Gasteiger partial charge in [0.25, 0.3) is 5.56 Å². The zero-order chi connectivity index (χ0) is 23.7. The van der Waals surface area contributed by atoms with Crippen LogP contribution in [0.15, 0.2) is 53.3 Å². The van der Waals surface area contributed by atoms with Crippen LogP contribution in [0.5, 0.6) is 17.2 Å². The standard InChI is InChI=1S/C26H27N3O4S/c1-31-17-8-6-16(7-9-17)23-14-20-25(34-23)26(30)28-24(27-20)15-29-12-4-5-21(29)19-11-10-18(32-2)13-22(19)33-3/h6-11,13-14,21H,4-5,12,15H2,1-3H3,(H,27,28,30). The number of hydrogen-bond acceptors (Lipinski definition) is 7. The van der Waals surface area contributed by atoms with Crippen LogP contribution in [0.25, 0.3) is 20.7 Å². The molecule has 8 heteroatoms. The summed E-state index contributed by atoms with van der Waals surface area (Å²) in [4.78, 5) is 24.1. The summed E-state index contributed by atoms with van der Waals surface area (Å²) < 4.78 is 16.9. The first-order valence-electron chi connectivity index (χ1n) is 11.2. The summed E-state index contributed by atoms with van der Waals surface area (Å²) in [7, 11) is 4.98. The van der Waals surface area contributed by atoms with Crippen LogP contribution in [0.4, 0.5) is 0 Å². The lowest BCUT2D eigenvalue weighted by Crippen LogP contribution is -2.25. The lowest BCUT2D eigenvalue weighted by Gasteiger charge is -2.26. The number of benzene rings is 2. The summed E-state index contributed by atoms with van der Waals surface area (Å²) in [5, 5.41) is 0. The minimum absolute atomic E-state index is 0.0949. The van der Waals surface area contributed by atoms with Gasteiger partial charge in [0.15, 0.2) is 0 Å². The molecule has 1 aliphatic heterocycles. The third kappa shape index (κ3) is 4.26. The second-order valence-corrected chi connectivity index (χ2v) is 9.35. The van der Waals surface area contributed by atoms with E-state index in [9.17, 15) is 4.79 Å². The van der Waals surface area contributed by atoms with Crippen LogP contribution in [0, 0.1) is 0 Å². The summed E-state index contributed by atoms with van der Waals surface area (Å²) >= 11 is 1.46. The van der Waals surface area contributed by atoms with Gasteiger partial charge in [-0.25, -0.2) is 4.98 Å². The Morgan fingerprint density at radius 1 is 1.03 bits per heavy atom.